The molecule has 0 atom stereocenters. The van der Waals surface area contributed by atoms with E-state index in [1.54, 1.807) is 0 Å². The SMILES string of the molecule is c1ccc(-c2ccc(CCc3cc(CCc4ccc(-c5ccccc5)nc4)cc(-c4ccccc4-c4cnc5c6ccccc6n6cncc6c5c4)c3)cn2)cc1. The topological polar surface area (TPSA) is 56.0 Å². The maximum Gasteiger partial charge on any atom is 0.0997 e. The average Bonchev–Trinajstić information content (AvgIpc) is 3.80. The summed E-state index contributed by atoms with van der Waals surface area (Å²) in [5.41, 5.74) is 17.1. The minimum absolute atomic E-state index is 0.904. The van der Waals surface area contributed by atoms with E-state index in [1.807, 2.05) is 43.2 Å². The molecule has 0 fully saturated rings. The van der Waals surface area contributed by atoms with Gasteiger partial charge in [0.2, 0.25) is 0 Å². The highest BCUT2D eigenvalue weighted by atomic mass is 15.0. The number of hydrogen-bond donors (Lipinski definition) is 0. The summed E-state index contributed by atoms with van der Waals surface area (Å²) >= 11 is 0. The molecular formula is C52H39N5. The van der Waals surface area contributed by atoms with Gasteiger partial charge in [0.15, 0.2) is 0 Å². The van der Waals surface area contributed by atoms with Crippen LogP contribution in [0.3, 0.4) is 0 Å². The summed E-state index contributed by atoms with van der Waals surface area (Å²) in [4.78, 5) is 19.3. The van der Waals surface area contributed by atoms with Crippen molar-refractivity contribution < 1.29 is 0 Å². The predicted molar refractivity (Wildman–Crippen MR) is 233 cm³/mol. The van der Waals surface area contributed by atoms with E-state index in [1.165, 1.54) is 33.4 Å². The minimum atomic E-state index is 0.904. The Morgan fingerprint density at radius 1 is 0.368 bits per heavy atom. The summed E-state index contributed by atoms with van der Waals surface area (Å²) in [6.07, 6.45) is 13.6. The van der Waals surface area contributed by atoms with Crippen LogP contribution in [0.15, 0.2) is 189 Å². The van der Waals surface area contributed by atoms with E-state index in [4.69, 9.17) is 15.0 Å². The third-order valence-electron chi connectivity index (χ3n) is 11.0. The lowest BCUT2D eigenvalue weighted by Gasteiger charge is -2.15. The van der Waals surface area contributed by atoms with Crippen LogP contribution >= 0.6 is 0 Å². The first-order chi connectivity index (χ1) is 28.2. The Labute approximate surface area is 332 Å². The molecule has 5 aromatic heterocycles. The number of benzene rings is 5. The molecule has 0 spiro atoms. The molecule has 0 saturated carbocycles. The highest BCUT2D eigenvalue weighted by molar-refractivity contribution is 6.11. The number of nitrogens with zero attached hydrogens (tertiary/aromatic N) is 5. The van der Waals surface area contributed by atoms with Gasteiger partial charge in [0, 0.05) is 46.1 Å². The van der Waals surface area contributed by atoms with Crippen LogP contribution in [0.25, 0.3) is 72.1 Å². The van der Waals surface area contributed by atoms with Crippen LogP contribution < -0.4 is 0 Å². The zero-order valence-electron chi connectivity index (χ0n) is 31.5. The zero-order valence-corrected chi connectivity index (χ0v) is 31.5. The van der Waals surface area contributed by atoms with Crippen LogP contribution in [0.4, 0.5) is 0 Å². The molecule has 0 amide bonds. The fourth-order valence-corrected chi connectivity index (χ4v) is 8.07. The Balaban J connectivity index is 0.996. The highest BCUT2D eigenvalue weighted by Gasteiger charge is 2.15. The van der Waals surface area contributed by atoms with Crippen LogP contribution in [-0.2, 0) is 25.7 Å². The van der Waals surface area contributed by atoms with Crippen molar-refractivity contribution in [3.05, 3.63) is 211 Å². The first-order valence-corrected chi connectivity index (χ1v) is 19.6. The second-order valence-electron chi connectivity index (χ2n) is 14.7. The second kappa shape index (κ2) is 15.1. The summed E-state index contributed by atoms with van der Waals surface area (Å²) in [5.74, 6) is 0. The molecule has 5 heterocycles. The van der Waals surface area contributed by atoms with Gasteiger partial charge in [-0.3, -0.25) is 19.4 Å². The van der Waals surface area contributed by atoms with Gasteiger partial charge in [0.25, 0.3) is 0 Å². The number of hydrogen-bond acceptors (Lipinski definition) is 4. The van der Waals surface area contributed by atoms with Crippen molar-refractivity contribution in [3.63, 3.8) is 0 Å². The van der Waals surface area contributed by atoms with Gasteiger partial charge in [-0.2, -0.15) is 0 Å². The number of fused-ring (bicyclic) bond motifs is 6. The van der Waals surface area contributed by atoms with E-state index in [0.717, 1.165) is 86.6 Å². The van der Waals surface area contributed by atoms with Gasteiger partial charge < -0.3 is 0 Å². The normalized spacial score (nSPS) is 11.4. The smallest absolute Gasteiger partial charge is 0.0997 e. The molecule has 0 aliphatic rings. The van der Waals surface area contributed by atoms with Crippen molar-refractivity contribution in [2.75, 3.05) is 0 Å². The molecule has 5 aromatic carbocycles. The van der Waals surface area contributed by atoms with E-state index >= 15 is 0 Å². The molecule has 0 aliphatic heterocycles. The van der Waals surface area contributed by atoms with E-state index in [9.17, 15) is 0 Å². The van der Waals surface area contributed by atoms with E-state index in [-0.39, 0.29) is 0 Å². The third-order valence-corrected chi connectivity index (χ3v) is 11.0. The molecule has 272 valence electrons. The van der Waals surface area contributed by atoms with Crippen LogP contribution in [-0.4, -0.2) is 24.3 Å². The predicted octanol–water partition coefficient (Wildman–Crippen LogP) is 12.1. The van der Waals surface area contributed by atoms with Crippen molar-refractivity contribution in [2.45, 2.75) is 25.7 Å². The fraction of sp³-hybridized carbons (Fsp3) is 0.0769. The lowest BCUT2D eigenvalue weighted by atomic mass is 9.90. The van der Waals surface area contributed by atoms with Gasteiger partial charge in [-0.15, -0.1) is 0 Å². The second-order valence-corrected chi connectivity index (χ2v) is 14.7. The summed E-state index contributed by atoms with van der Waals surface area (Å²) in [5, 5.41) is 2.21. The summed E-state index contributed by atoms with van der Waals surface area (Å²) in [6.45, 7) is 0. The fourth-order valence-electron chi connectivity index (χ4n) is 8.07. The van der Waals surface area contributed by atoms with Gasteiger partial charge in [0.05, 0.1) is 40.5 Å². The largest absolute Gasteiger partial charge is 0.298 e. The molecule has 0 N–H and O–H groups in total. The number of rotatable bonds is 10. The molecule has 0 unspecified atom stereocenters. The molecule has 10 rings (SSSR count). The Morgan fingerprint density at radius 3 is 1.54 bits per heavy atom. The summed E-state index contributed by atoms with van der Waals surface area (Å²) < 4.78 is 2.17. The molecule has 57 heavy (non-hydrogen) atoms. The quantitative estimate of drug-likeness (QED) is 0.131. The number of aryl methyl sites for hydroxylation is 4. The number of pyridine rings is 4. The lowest BCUT2D eigenvalue weighted by molar-refractivity contribution is 0.923. The average molecular weight is 734 g/mol. The van der Waals surface area contributed by atoms with Crippen LogP contribution in [0.1, 0.15) is 22.3 Å². The van der Waals surface area contributed by atoms with Crippen molar-refractivity contribution in [2.24, 2.45) is 0 Å². The molecule has 0 aliphatic carbocycles. The van der Waals surface area contributed by atoms with Crippen molar-refractivity contribution in [3.8, 4) is 44.8 Å². The Hall–Kier alpha value is -7.24. The molecule has 0 radical (unpaired) electrons. The minimum Gasteiger partial charge on any atom is -0.298 e. The lowest BCUT2D eigenvalue weighted by Crippen LogP contribution is -1.99. The van der Waals surface area contributed by atoms with Crippen LogP contribution in [0.5, 0.6) is 0 Å². The Bertz CT molecular complexity index is 2880. The van der Waals surface area contributed by atoms with Gasteiger partial charge in [-0.05, 0) is 88.9 Å². The van der Waals surface area contributed by atoms with E-state index in [0.29, 0.717) is 0 Å². The van der Waals surface area contributed by atoms with E-state index in [2.05, 4.69) is 155 Å². The van der Waals surface area contributed by atoms with Gasteiger partial charge in [-0.1, -0.05) is 133 Å². The van der Waals surface area contributed by atoms with E-state index < -0.39 is 0 Å². The molecular weight excluding hydrogens is 695 g/mol. The Morgan fingerprint density at radius 2 is 0.930 bits per heavy atom. The summed E-state index contributed by atoms with van der Waals surface area (Å²) in [6, 6.07) is 56.0. The van der Waals surface area contributed by atoms with Crippen LogP contribution in [0, 0.1) is 0 Å². The van der Waals surface area contributed by atoms with Crippen molar-refractivity contribution in [1.82, 2.24) is 24.3 Å². The molecule has 5 heteroatoms. The number of para-hydroxylation sites is 1. The molecule has 0 bridgehead atoms. The monoisotopic (exact) mass is 733 g/mol. The highest BCUT2D eigenvalue weighted by Crippen LogP contribution is 2.37. The summed E-state index contributed by atoms with van der Waals surface area (Å²) in [7, 11) is 0. The third kappa shape index (κ3) is 6.96. The molecule has 5 nitrogen and oxygen atoms in total. The van der Waals surface area contributed by atoms with Gasteiger partial charge in [-0.25, -0.2) is 4.98 Å². The standard InChI is InChI=1S/C52H39N5/c1-3-11-40(12-4-1)48-25-23-36(31-54-48)19-21-38-27-39(22-20-37-24-26-49(55-32-37)41-13-5-2-6-14-41)29-42(28-38)44-15-7-8-16-45(44)43-30-47-51-34-53-35-57(51)50-18-10-9-17-46(50)52(47)56-33-43/h1-18,23-35H,19-22H2. The van der Waals surface area contributed by atoms with Gasteiger partial charge in [0.1, 0.15) is 0 Å². The Kier molecular flexibility index (Phi) is 9.09. The zero-order chi connectivity index (χ0) is 38.0. The van der Waals surface area contributed by atoms with Crippen molar-refractivity contribution >= 4 is 27.3 Å². The molecule has 10 aromatic rings. The number of aromatic nitrogens is 5. The molecule has 0 saturated heterocycles. The number of imidazole rings is 1. The van der Waals surface area contributed by atoms with Gasteiger partial charge >= 0.3 is 0 Å². The first kappa shape index (κ1) is 34.3. The first-order valence-electron chi connectivity index (χ1n) is 19.6. The maximum atomic E-state index is 5.11. The van der Waals surface area contributed by atoms with Crippen LogP contribution in [0.2, 0.25) is 0 Å². The van der Waals surface area contributed by atoms with Crippen molar-refractivity contribution in [1.29, 1.82) is 0 Å². The maximum absolute atomic E-state index is 5.11.